The zero-order valence-corrected chi connectivity index (χ0v) is 11.0. The van der Waals surface area contributed by atoms with Gasteiger partial charge < -0.3 is 15.7 Å². The van der Waals surface area contributed by atoms with E-state index in [1.807, 2.05) is 0 Å². The summed E-state index contributed by atoms with van der Waals surface area (Å²) in [5, 5.41) is 9.38. The number of halogens is 1. The number of aliphatic hydroxyl groups excluding tert-OH is 1. The molecule has 1 saturated heterocycles. The van der Waals surface area contributed by atoms with Crippen LogP contribution >= 0.6 is 11.6 Å². The van der Waals surface area contributed by atoms with Crippen LogP contribution < -0.4 is 10.6 Å². The van der Waals surface area contributed by atoms with Crippen LogP contribution in [0.3, 0.4) is 0 Å². The van der Waals surface area contributed by atoms with Crippen LogP contribution in [0.4, 0.5) is 11.6 Å². The monoisotopic (exact) mass is 271 g/mol. The fourth-order valence-corrected chi connectivity index (χ4v) is 2.36. The predicted octanol–water partition coefficient (Wildman–Crippen LogP) is 0.217. The molecule has 100 valence electrons. The van der Waals surface area contributed by atoms with Crippen LogP contribution in [-0.4, -0.2) is 59.3 Å². The zero-order valence-electron chi connectivity index (χ0n) is 10.2. The van der Waals surface area contributed by atoms with E-state index < -0.39 is 0 Å². The number of hydrogen-bond acceptors (Lipinski definition) is 6. The molecule has 6 nitrogen and oxygen atoms in total. The lowest BCUT2D eigenvalue weighted by atomic mass is 10.3. The van der Waals surface area contributed by atoms with Crippen LogP contribution in [0.2, 0.25) is 5.02 Å². The summed E-state index contributed by atoms with van der Waals surface area (Å²) >= 11 is 6.13. The topological polar surface area (TPSA) is 78.5 Å². The maximum atomic E-state index is 8.96. The van der Waals surface area contributed by atoms with Crippen molar-refractivity contribution in [3.05, 3.63) is 11.3 Å². The number of β-amino-alcohol motifs (C(OH)–C–C–N with tert-alkyl or cyclic N) is 1. The first-order valence-electron chi connectivity index (χ1n) is 6.06. The van der Waals surface area contributed by atoms with Crippen molar-refractivity contribution < 1.29 is 5.11 Å². The molecule has 0 amide bonds. The normalized spacial score (nSPS) is 17.8. The van der Waals surface area contributed by atoms with Gasteiger partial charge in [-0.15, -0.1) is 0 Å². The Bertz CT molecular complexity index is 403. The third kappa shape index (κ3) is 3.01. The second kappa shape index (κ2) is 6.17. The summed E-state index contributed by atoms with van der Waals surface area (Å²) in [4.78, 5) is 12.4. The fourth-order valence-electron chi connectivity index (χ4n) is 2.14. The Kier molecular flexibility index (Phi) is 4.57. The maximum Gasteiger partial charge on any atom is 0.153 e. The van der Waals surface area contributed by atoms with Crippen molar-refractivity contribution in [3.63, 3.8) is 0 Å². The number of nitrogen functional groups attached to an aromatic ring is 1. The molecule has 0 bridgehead atoms. The van der Waals surface area contributed by atoms with E-state index in [2.05, 4.69) is 19.8 Å². The Morgan fingerprint density at radius 3 is 2.89 bits per heavy atom. The summed E-state index contributed by atoms with van der Waals surface area (Å²) in [6, 6.07) is 0. The van der Waals surface area contributed by atoms with Gasteiger partial charge in [0.15, 0.2) is 5.82 Å². The maximum absolute atomic E-state index is 8.96. The molecule has 18 heavy (non-hydrogen) atoms. The van der Waals surface area contributed by atoms with Crippen molar-refractivity contribution in [2.24, 2.45) is 0 Å². The molecule has 2 heterocycles. The quantitative estimate of drug-likeness (QED) is 0.819. The van der Waals surface area contributed by atoms with Gasteiger partial charge in [-0.3, -0.25) is 4.90 Å². The molecule has 0 radical (unpaired) electrons. The largest absolute Gasteiger partial charge is 0.395 e. The minimum Gasteiger partial charge on any atom is -0.395 e. The molecule has 1 aliphatic heterocycles. The lowest BCUT2D eigenvalue weighted by Gasteiger charge is -2.23. The molecule has 7 heteroatoms. The van der Waals surface area contributed by atoms with Crippen molar-refractivity contribution in [2.45, 2.75) is 6.42 Å². The van der Waals surface area contributed by atoms with E-state index in [0.29, 0.717) is 23.2 Å². The molecule has 0 aliphatic carbocycles. The number of aromatic nitrogens is 2. The molecule has 1 aliphatic rings. The molecule has 3 N–H and O–H groups in total. The van der Waals surface area contributed by atoms with Crippen LogP contribution in [0.1, 0.15) is 6.42 Å². The van der Waals surface area contributed by atoms with Gasteiger partial charge in [-0.1, -0.05) is 11.6 Å². The number of nitrogens with two attached hydrogens (primary N) is 1. The van der Waals surface area contributed by atoms with Crippen LogP contribution in [0.25, 0.3) is 0 Å². The van der Waals surface area contributed by atoms with Gasteiger partial charge in [0.2, 0.25) is 0 Å². The van der Waals surface area contributed by atoms with Gasteiger partial charge in [-0.05, 0) is 13.0 Å². The van der Waals surface area contributed by atoms with Crippen LogP contribution in [0.15, 0.2) is 6.33 Å². The Morgan fingerprint density at radius 2 is 2.11 bits per heavy atom. The Morgan fingerprint density at radius 1 is 1.28 bits per heavy atom. The fraction of sp³-hybridized carbons (Fsp3) is 0.636. The van der Waals surface area contributed by atoms with Gasteiger partial charge in [0.25, 0.3) is 0 Å². The number of rotatable bonds is 3. The van der Waals surface area contributed by atoms with E-state index in [-0.39, 0.29) is 6.61 Å². The predicted molar refractivity (Wildman–Crippen MR) is 71.8 cm³/mol. The number of anilines is 2. The SMILES string of the molecule is Nc1ncnc(N2CCCN(CCO)CC2)c1Cl. The summed E-state index contributed by atoms with van der Waals surface area (Å²) in [6.07, 6.45) is 2.45. The standard InChI is InChI=1S/C11H18ClN5O/c12-9-10(13)14-8-15-11(9)17-3-1-2-16(4-5-17)6-7-18/h8,18H,1-7H2,(H2,13,14,15). The van der Waals surface area contributed by atoms with Crippen molar-refractivity contribution in [1.29, 1.82) is 0 Å². The highest BCUT2D eigenvalue weighted by molar-refractivity contribution is 6.35. The summed E-state index contributed by atoms with van der Waals surface area (Å²) in [5.74, 6) is 1.02. The van der Waals surface area contributed by atoms with Crippen LogP contribution in [0, 0.1) is 0 Å². The van der Waals surface area contributed by atoms with Gasteiger partial charge in [0, 0.05) is 26.2 Å². The van der Waals surface area contributed by atoms with Crippen LogP contribution in [0.5, 0.6) is 0 Å². The third-order valence-electron chi connectivity index (χ3n) is 3.10. The lowest BCUT2D eigenvalue weighted by molar-refractivity contribution is 0.204. The minimum atomic E-state index is 0.196. The van der Waals surface area contributed by atoms with Gasteiger partial charge >= 0.3 is 0 Å². The molecular formula is C11H18ClN5O. The highest BCUT2D eigenvalue weighted by Gasteiger charge is 2.18. The molecule has 0 unspecified atom stereocenters. The molecule has 0 atom stereocenters. The molecule has 0 spiro atoms. The summed E-state index contributed by atoms with van der Waals surface area (Å²) in [7, 11) is 0. The van der Waals surface area contributed by atoms with Gasteiger partial charge in [-0.2, -0.15) is 0 Å². The van der Waals surface area contributed by atoms with Crippen molar-refractivity contribution >= 4 is 23.2 Å². The van der Waals surface area contributed by atoms with Crippen molar-refractivity contribution in [1.82, 2.24) is 14.9 Å². The highest BCUT2D eigenvalue weighted by atomic mass is 35.5. The molecule has 2 rings (SSSR count). The van der Waals surface area contributed by atoms with Crippen molar-refractivity contribution in [3.8, 4) is 0 Å². The summed E-state index contributed by atoms with van der Waals surface area (Å²) in [6.45, 7) is 4.50. The highest BCUT2D eigenvalue weighted by Crippen LogP contribution is 2.27. The first-order chi connectivity index (χ1) is 8.72. The smallest absolute Gasteiger partial charge is 0.153 e. The Labute approximate surface area is 111 Å². The lowest BCUT2D eigenvalue weighted by Crippen LogP contribution is -2.33. The summed E-state index contributed by atoms with van der Waals surface area (Å²) < 4.78 is 0. The molecule has 0 saturated carbocycles. The number of nitrogens with zero attached hydrogens (tertiary/aromatic N) is 4. The first kappa shape index (κ1) is 13.3. The van der Waals surface area contributed by atoms with Crippen LogP contribution in [-0.2, 0) is 0 Å². The minimum absolute atomic E-state index is 0.196. The van der Waals surface area contributed by atoms with Gasteiger partial charge in [0.1, 0.15) is 17.2 Å². The molecular weight excluding hydrogens is 254 g/mol. The van der Waals surface area contributed by atoms with E-state index in [4.69, 9.17) is 22.4 Å². The zero-order chi connectivity index (χ0) is 13.0. The first-order valence-corrected chi connectivity index (χ1v) is 6.44. The Balaban J connectivity index is 2.07. The number of aliphatic hydroxyl groups is 1. The van der Waals surface area contributed by atoms with Crippen molar-refractivity contribution in [2.75, 3.05) is 50.0 Å². The second-order valence-electron chi connectivity index (χ2n) is 4.30. The number of hydrogen-bond donors (Lipinski definition) is 2. The van der Waals surface area contributed by atoms with E-state index >= 15 is 0 Å². The average Bonchev–Trinajstić information content (AvgIpc) is 2.59. The van der Waals surface area contributed by atoms with Gasteiger partial charge in [-0.25, -0.2) is 9.97 Å². The average molecular weight is 272 g/mol. The molecule has 0 aromatic carbocycles. The Hall–Kier alpha value is -1.11. The molecule has 1 aromatic heterocycles. The third-order valence-corrected chi connectivity index (χ3v) is 3.46. The second-order valence-corrected chi connectivity index (χ2v) is 4.68. The molecule has 1 aromatic rings. The van der Waals surface area contributed by atoms with E-state index in [1.165, 1.54) is 6.33 Å². The van der Waals surface area contributed by atoms with E-state index in [9.17, 15) is 0 Å². The summed E-state index contributed by atoms with van der Waals surface area (Å²) in [5.41, 5.74) is 5.69. The molecule has 1 fully saturated rings. The van der Waals surface area contributed by atoms with E-state index in [1.54, 1.807) is 0 Å². The van der Waals surface area contributed by atoms with Gasteiger partial charge in [0.05, 0.1) is 6.61 Å². The van der Waals surface area contributed by atoms with E-state index in [0.717, 1.165) is 32.6 Å².